The molecule has 0 spiro atoms. The highest BCUT2D eigenvalue weighted by molar-refractivity contribution is 6.30. The van der Waals surface area contributed by atoms with Crippen LogP contribution in [0.25, 0.3) is 0 Å². The summed E-state index contributed by atoms with van der Waals surface area (Å²) in [6.07, 6.45) is 0.982. The molecule has 29 heavy (non-hydrogen) atoms. The van der Waals surface area contributed by atoms with Crippen molar-refractivity contribution in [2.45, 2.75) is 13.3 Å². The fourth-order valence-electron chi connectivity index (χ4n) is 3.40. The average Bonchev–Trinajstić information content (AvgIpc) is 3.22. The average molecular weight is 411 g/mol. The number of aryl methyl sites for hydroxylation is 1. The zero-order valence-electron chi connectivity index (χ0n) is 16.2. The summed E-state index contributed by atoms with van der Waals surface area (Å²) >= 11 is 5.97. The van der Waals surface area contributed by atoms with Gasteiger partial charge in [0.1, 0.15) is 0 Å². The summed E-state index contributed by atoms with van der Waals surface area (Å²) in [4.78, 5) is 17.1. The number of benzene rings is 2. The van der Waals surface area contributed by atoms with Gasteiger partial charge >= 0.3 is 0 Å². The van der Waals surface area contributed by atoms with Gasteiger partial charge in [0.15, 0.2) is 11.5 Å². The number of aromatic amines is 1. The summed E-state index contributed by atoms with van der Waals surface area (Å²) in [5.41, 5.74) is 3.55. The lowest BCUT2D eigenvalue weighted by molar-refractivity contribution is 0.0742. The van der Waals surface area contributed by atoms with Crippen LogP contribution in [0.2, 0.25) is 5.02 Å². The quantitative estimate of drug-likeness (QED) is 0.670. The van der Waals surface area contributed by atoms with E-state index in [2.05, 4.69) is 44.7 Å². The maximum atomic E-state index is 13.0. The number of piperazine rings is 1. The lowest BCUT2D eigenvalue weighted by Gasteiger charge is -2.35. The highest BCUT2D eigenvalue weighted by Crippen LogP contribution is 2.22. The van der Waals surface area contributed by atoms with Gasteiger partial charge in [-0.3, -0.25) is 4.79 Å². The first-order chi connectivity index (χ1) is 14.1. The third-order valence-corrected chi connectivity index (χ3v) is 5.39. The Morgan fingerprint density at radius 1 is 1.03 bits per heavy atom. The Kier molecular flexibility index (Phi) is 5.67. The van der Waals surface area contributed by atoms with E-state index >= 15 is 0 Å². The van der Waals surface area contributed by atoms with Crippen LogP contribution >= 0.6 is 11.6 Å². The third kappa shape index (κ3) is 4.35. The lowest BCUT2D eigenvalue weighted by atomic mass is 10.1. The van der Waals surface area contributed by atoms with E-state index in [0.717, 1.165) is 35.9 Å². The molecule has 1 saturated heterocycles. The van der Waals surface area contributed by atoms with Crippen LogP contribution in [-0.4, -0.2) is 52.4 Å². The number of nitrogens with one attached hydrogen (secondary N) is 2. The first-order valence-corrected chi connectivity index (χ1v) is 10.1. The molecule has 0 saturated carbocycles. The first-order valence-electron chi connectivity index (χ1n) is 9.70. The molecule has 1 fully saturated rings. The Hall–Kier alpha value is -3.06. The molecule has 4 rings (SSSR count). The minimum absolute atomic E-state index is 0.123. The number of carbonyl (C=O) groups excluding carboxylic acids is 1. The Labute approximate surface area is 174 Å². The maximum absolute atomic E-state index is 13.0. The summed E-state index contributed by atoms with van der Waals surface area (Å²) < 4.78 is 0. The number of anilines is 3. The standard InChI is InChI=1S/C21H23ClN6O/c1-2-15-3-7-17(8-4-15)23-20-19(24-26-25-20)21(29)28-13-11-27(12-14-28)18-9-5-16(22)6-10-18/h3-10H,2,11-14H2,1H3,(H2,23,24,25,26). The molecule has 0 atom stereocenters. The van der Waals surface area contributed by atoms with E-state index in [9.17, 15) is 4.79 Å². The van der Waals surface area contributed by atoms with Crippen LogP contribution in [0.15, 0.2) is 48.5 Å². The molecule has 1 aliphatic rings. The van der Waals surface area contributed by atoms with Gasteiger partial charge in [0, 0.05) is 42.6 Å². The van der Waals surface area contributed by atoms with Crippen molar-refractivity contribution in [2.75, 3.05) is 36.4 Å². The van der Waals surface area contributed by atoms with E-state index in [-0.39, 0.29) is 5.91 Å². The number of nitrogens with zero attached hydrogens (tertiary/aromatic N) is 4. The van der Waals surface area contributed by atoms with Gasteiger partial charge in [-0.25, -0.2) is 0 Å². The molecule has 1 aromatic heterocycles. The molecule has 0 bridgehead atoms. The number of hydrogen-bond acceptors (Lipinski definition) is 5. The van der Waals surface area contributed by atoms with Gasteiger partial charge in [-0.1, -0.05) is 30.7 Å². The van der Waals surface area contributed by atoms with Crippen molar-refractivity contribution in [2.24, 2.45) is 0 Å². The van der Waals surface area contributed by atoms with Crippen molar-refractivity contribution in [1.82, 2.24) is 20.3 Å². The topological polar surface area (TPSA) is 77.1 Å². The molecule has 1 amide bonds. The summed E-state index contributed by atoms with van der Waals surface area (Å²) in [7, 11) is 0. The van der Waals surface area contributed by atoms with Gasteiger partial charge in [0.05, 0.1) is 0 Å². The van der Waals surface area contributed by atoms with E-state index in [1.807, 2.05) is 41.3 Å². The number of amides is 1. The van der Waals surface area contributed by atoms with E-state index < -0.39 is 0 Å². The SMILES string of the molecule is CCc1ccc(Nc2n[nH]nc2C(=O)N2CCN(c3ccc(Cl)cc3)CC2)cc1. The highest BCUT2D eigenvalue weighted by atomic mass is 35.5. The largest absolute Gasteiger partial charge is 0.368 e. The number of H-pyrrole nitrogens is 1. The smallest absolute Gasteiger partial charge is 0.278 e. The van der Waals surface area contributed by atoms with Crippen molar-refractivity contribution in [1.29, 1.82) is 0 Å². The van der Waals surface area contributed by atoms with Crippen molar-refractivity contribution < 1.29 is 4.79 Å². The molecule has 2 heterocycles. The molecule has 3 aromatic rings. The molecule has 2 N–H and O–H groups in total. The number of halogens is 1. The fraction of sp³-hybridized carbons (Fsp3) is 0.286. The summed E-state index contributed by atoms with van der Waals surface area (Å²) in [5.74, 6) is 0.321. The number of hydrogen-bond donors (Lipinski definition) is 2. The second-order valence-corrected chi connectivity index (χ2v) is 7.39. The molecule has 8 heteroatoms. The molecule has 7 nitrogen and oxygen atoms in total. The van der Waals surface area contributed by atoms with Crippen LogP contribution in [0, 0.1) is 0 Å². The van der Waals surface area contributed by atoms with Crippen LogP contribution in [0.4, 0.5) is 17.2 Å². The van der Waals surface area contributed by atoms with Crippen molar-refractivity contribution in [3.8, 4) is 0 Å². The Balaban J connectivity index is 1.40. The summed E-state index contributed by atoms with van der Waals surface area (Å²) in [6, 6.07) is 15.8. The van der Waals surface area contributed by atoms with Crippen LogP contribution in [0.5, 0.6) is 0 Å². The maximum Gasteiger partial charge on any atom is 0.278 e. The van der Waals surface area contributed by atoms with Gasteiger partial charge in [-0.15, -0.1) is 10.2 Å². The normalized spacial score (nSPS) is 14.1. The van der Waals surface area contributed by atoms with Gasteiger partial charge < -0.3 is 15.1 Å². The Bertz CT molecular complexity index is 962. The first kappa shape index (κ1) is 19.3. The number of aromatic nitrogens is 3. The number of carbonyl (C=O) groups is 1. The van der Waals surface area contributed by atoms with Gasteiger partial charge in [0.25, 0.3) is 5.91 Å². The van der Waals surface area contributed by atoms with Crippen molar-refractivity contribution >= 4 is 34.7 Å². The zero-order chi connectivity index (χ0) is 20.2. The Morgan fingerprint density at radius 2 is 1.72 bits per heavy atom. The van der Waals surface area contributed by atoms with Crippen molar-refractivity contribution in [3.63, 3.8) is 0 Å². The zero-order valence-corrected chi connectivity index (χ0v) is 17.0. The van der Waals surface area contributed by atoms with Crippen LogP contribution < -0.4 is 10.2 Å². The molecule has 0 aliphatic carbocycles. The molecule has 2 aromatic carbocycles. The third-order valence-electron chi connectivity index (χ3n) is 5.13. The summed E-state index contributed by atoms with van der Waals surface area (Å²) in [6.45, 7) is 4.88. The number of rotatable bonds is 5. The molecule has 0 unspecified atom stereocenters. The molecular formula is C21H23ClN6O. The molecule has 1 aliphatic heterocycles. The second-order valence-electron chi connectivity index (χ2n) is 6.95. The highest BCUT2D eigenvalue weighted by Gasteiger charge is 2.26. The van der Waals surface area contributed by atoms with E-state index in [1.54, 1.807) is 0 Å². The predicted octanol–water partition coefficient (Wildman–Crippen LogP) is 3.73. The van der Waals surface area contributed by atoms with E-state index in [1.165, 1.54) is 5.56 Å². The van der Waals surface area contributed by atoms with Gasteiger partial charge in [-0.2, -0.15) is 5.21 Å². The minimum atomic E-state index is -0.123. The molecular weight excluding hydrogens is 388 g/mol. The van der Waals surface area contributed by atoms with Crippen molar-refractivity contribution in [3.05, 3.63) is 64.8 Å². The second kappa shape index (κ2) is 8.53. The minimum Gasteiger partial charge on any atom is -0.368 e. The Morgan fingerprint density at radius 3 is 2.38 bits per heavy atom. The van der Waals surface area contributed by atoms with Crippen LogP contribution in [0.3, 0.4) is 0 Å². The van der Waals surface area contributed by atoms with Crippen LogP contribution in [0.1, 0.15) is 23.0 Å². The van der Waals surface area contributed by atoms with Gasteiger partial charge in [0.2, 0.25) is 0 Å². The fourth-order valence-corrected chi connectivity index (χ4v) is 3.52. The molecule has 150 valence electrons. The van der Waals surface area contributed by atoms with E-state index in [4.69, 9.17) is 11.6 Å². The lowest BCUT2D eigenvalue weighted by Crippen LogP contribution is -2.49. The summed E-state index contributed by atoms with van der Waals surface area (Å²) in [5, 5.41) is 14.7. The predicted molar refractivity (Wildman–Crippen MR) is 115 cm³/mol. The van der Waals surface area contributed by atoms with Gasteiger partial charge in [-0.05, 0) is 48.4 Å². The molecule has 0 radical (unpaired) electrons. The van der Waals surface area contributed by atoms with E-state index in [0.29, 0.717) is 24.6 Å². The van der Waals surface area contributed by atoms with Crippen LogP contribution in [-0.2, 0) is 6.42 Å². The monoisotopic (exact) mass is 410 g/mol.